The molecule has 4 heteroatoms. The molecule has 0 atom stereocenters. The maximum absolute atomic E-state index is 9.48. The topological polar surface area (TPSA) is 58.0 Å². The second kappa shape index (κ2) is 4.57. The van der Waals surface area contributed by atoms with Crippen molar-refractivity contribution in [1.82, 2.24) is 9.97 Å². The zero-order valence-electron chi connectivity index (χ0n) is 10.5. The molecule has 94 valence electrons. The number of phenolic OH excluding ortho intramolecular Hbond substituents is 1. The Morgan fingerprint density at radius 1 is 1.05 bits per heavy atom. The van der Waals surface area contributed by atoms with Crippen LogP contribution in [0.2, 0.25) is 0 Å². The van der Waals surface area contributed by atoms with Crippen molar-refractivity contribution in [1.29, 1.82) is 0 Å². The lowest BCUT2D eigenvalue weighted by molar-refractivity contribution is 0.475. The van der Waals surface area contributed by atoms with E-state index in [0.717, 1.165) is 28.0 Å². The van der Waals surface area contributed by atoms with E-state index in [1.165, 1.54) is 6.33 Å². The van der Waals surface area contributed by atoms with Gasteiger partial charge in [0.05, 0.1) is 5.52 Å². The summed E-state index contributed by atoms with van der Waals surface area (Å²) in [5, 5.41) is 13.6. The lowest BCUT2D eigenvalue weighted by Gasteiger charge is -2.09. The fourth-order valence-corrected chi connectivity index (χ4v) is 1.99. The monoisotopic (exact) mass is 251 g/mol. The number of rotatable bonds is 2. The minimum Gasteiger partial charge on any atom is -0.508 e. The van der Waals surface area contributed by atoms with Crippen molar-refractivity contribution < 1.29 is 5.11 Å². The minimum absolute atomic E-state index is 0.222. The molecule has 0 aliphatic heterocycles. The van der Waals surface area contributed by atoms with Gasteiger partial charge in [-0.1, -0.05) is 17.7 Å². The molecule has 0 bridgehead atoms. The Morgan fingerprint density at radius 3 is 2.79 bits per heavy atom. The highest BCUT2D eigenvalue weighted by atomic mass is 16.3. The standard InChI is InChI=1S/C15H13N3O/c1-10-5-6-14-13(7-10)15(17-9-16-14)18-11-3-2-4-12(19)8-11/h2-9,19H,1H3,(H,16,17,18). The molecule has 19 heavy (non-hydrogen) atoms. The Kier molecular flexibility index (Phi) is 2.76. The van der Waals surface area contributed by atoms with E-state index < -0.39 is 0 Å². The molecular formula is C15H13N3O. The fourth-order valence-electron chi connectivity index (χ4n) is 1.99. The molecule has 0 saturated carbocycles. The van der Waals surface area contributed by atoms with E-state index in [-0.39, 0.29) is 5.75 Å². The highest BCUT2D eigenvalue weighted by molar-refractivity contribution is 5.91. The summed E-state index contributed by atoms with van der Waals surface area (Å²) in [5.41, 5.74) is 2.84. The predicted octanol–water partition coefficient (Wildman–Crippen LogP) is 3.39. The number of benzene rings is 2. The molecule has 0 spiro atoms. The average molecular weight is 251 g/mol. The molecule has 0 fully saturated rings. The van der Waals surface area contributed by atoms with Gasteiger partial charge in [-0.05, 0) is 31.2 Å². The summed E-state index contributed by atoms with van der Waals surface area (Å²) in [5.74, 6) is 0.957. The number of anilines is 2. The molecule has 0 unspecified atom stereocenters. The molecule has 1 heterocycles. The van der Waals surface area contributed by atoms with Crippen LogP contribution in [0.3, 0.4) is 0 Å². The van der Waals surface area contributed by atoms with Gasteiger partial charge >= 0.3 is 0 Å². The van der Waals surface area contributed by atoms with E-state index in [0.29, 0.717) is 0 Å². The van der Waals surface area contributed by atoms with Crippen molar-refractivity contribution in [3.8, 4) is 5.75 Å². The van der Waals surface area contributed by atoms with E-state index >= 15 is 0 Å². The second-order valence-corrected chi connectivity index (χ2v) is 4.42. The van der Waals surface area contributed by atoms with Crippen LogP contribution >= 0.6 is 0 Å². The van der Waals surface area contributed by atoms with E-state index in [1.807, 2.05) is 31.2 Å². The number of hydrogen-bond donors (Lipinski definition) is 2. The summed E-state index contributed by atoms with van der Waals surface area (Å²) in [6.45, 7) is 2.03. The Morgan fingerprint density at radius 2 is 1.95 bits per heavy atom. The molecule has 2 N–H and O–H groups in total. The normalized spacial score (nSPS) is 10.6. The summed E-state index contributed by atoms with van der Waals surface area (Å²) in [6.07, 6.45) is 1.53. The number of aromatic hydroxyl groups is 1. The van der Waals surface area contributed by atoms with Gasteiger partial charge in [-0.2, -0.15) is 0 Å². The molecule has 3 aromatic rings. The zero-order valence-corrected chi connectivity index (χ0v) is 10.5. The first-order valence-corrected chi connectivity index (χ1v) is 6.00. The third-order valence-electron chi connectivity index (χ3n) is 2.90. The lowest BCUT2D eigenvalue weighted by atomic mass is 10.1. The lowest BCUT2D eigenvalue weighted by Crippen LogP contribution is -1.96. The number of fused-ring (bicyclic) bond motifs is 1. The van der Waals surface area contributed by atoms with Crippen LogP contribution in [0.15, 0.2) is 48.8 Å². The van der Waals surface area contributed by atoms with Gasteiger partial charge in [-0.3, -0.25) is 0 Å². The molecule has 0 saturated heterocycles. The Bertz CT molecular complexity index is 740. The SMILES string of the molecule is Cc1ccc2ncnc(Nc3cccc(O)c3)c2c1. The third-order valence-corrected chi connectivity index (χ3v) is 2.90. The van der Waals surface area contributed by atoms with Gasteiger partial charge in [0.25, 0.3) is 0 Å². The van der Waals surface area contributed by atoms with Crippen LogP contribution in [-0.4, -0.2) is 15.1 Å². The van der Waals surface area contributed by atoms with Gasteiger partial charge in [0, 0.05) is 17.1 Å². The van der Waals surface area contributed by atoms with Gasteiger partial charge in [-0.25, -0.2) is 9.97 Å². The molecule has 0 aliphatic carbocycles. The molecular weight excluding hydrogens is 238 g/mol. The zero-order chi connectivity index (χ0) is 13.2. The van der Waals surface area contributed by atoms with Crippen molar-refractivity contribution in [2.75, 3.05) is 5.32 Å². The Balaban J connectivity index is 2.07. The largest absolute Gasteiger partial charge is 0.508 e. The summed E-state index contributed by atoms with van der Waals surface area (Å²) in [7, 11) is 0. The van der Waals surface area contributed by atoms with Crippen molar-refractivity contribution in [2.24, 2.45) is 0 Å². The summed E-state index contributed by atoms with van der Waals surface area (Å²) in [6, 6.07) is 13.0. The number of aromatic nitrogens is 2. The molecule has 4 nitrogen and oxygen atoms in total. The molecule has 3 rings (SSSR count). The van der Waals surface area contributed by atoms with Gasteiger partial charge in [0.1, 0.15) is 17.9 Å². The first kappa shape index (κ1) is 11.5. The van der Waals surface area contributed by atoms with Crippen LogP contribution in [0.25, 0.3) is 10.9 Å². The van der Waals surface area contributed by atoms with E-state index in [2.05, 4.69) is 15.3 Å². The summed E-state index contributed by atoms with van der Waals surface area (Å²) < 4.78 is 0. The summed E-state index contributed by atoms with van der Waals surface area (Å²) in [4.78, 5) is 8.51. The highest BCUT2D eigenvalue weighted by Gasteiger charge is 2.04. The molecule has 0 radical (unpaired) electrons. The van der Waals surface area contributed by atoms with Crippen molar-refractivity contribution >= 4 is 22.4 Å². The number of nitrogens with one attached hydrogen (secondary N) is 1. The number of phenols is 1. The molecule has 0 amide bonds. The smallest absolute Gasteiger partial charge is 0.141 e. The summed E-state index contributed by atoms with van der Waals surface area (Å²) >= 11 is 0. The fraction of sp³-hybridized carbons (Fsp3) is 0.0667. The Hall–Kier alpha value is -2.62. The first-order valence-electron chi connectivity index (χ1n) is 6.00. The van der Waals surface area contributed by atoms with Crippen molar-refractivity contribution in [3.63, 3.8) is 0 Å². The van der Waals surface area contributed by atoms with Crippen LogP contribution in [-0.2, 0) is 0 Å². The van der Waals surface area contributed by atoms with Gasteiger partial charge < -0.3 is 10.4 Å². The minimum atomic E-state index is 0.222. The van der Waals surface area contributed by atoms with Crippen molar-refractivity contribution in [2.45, 2.75) is 6.92 Å². The van der Waals surface area contributed by atoms with Gasteiger partial charge in [0.15, 0.2) is 0 Å². The van der Waals surface area contributed by atoms with Gasteiger partial charge in [0.2, 0.25) is 0 Å². The first-order chi connectivity index (χ1) is 9.22. The van der Waals surface area contributed by atoms with Crippen LogP contribution in [0.4, 0.5) is 11.5 Å². The maximum Gasteiger partial charge on any atom is 0.141 e. The van der Waals surface area contributed by atoms with Crippen LogP contribution in [0.5, 0.6) is 5.75 Å². The molecule has 0 aliphatic rings. The average Bonchev–Trinajstić information content (AvgIpc) is 2.39. The van der Waals surface area contributed by atoms with Crippen LogP contribution < -0.4 is 5.32 Å². The van der Waals surface area contributed by atoms with E-state index in [9.17, 15) is 5.11 Å². The van der Waals surface area contributed by atoms with Crippen LogP contribution in [0, 0.1) is 6.92 Å². The third kappa shape index (κ3) is 2.33. The number of hydrogen-bond acceptors (Lipinski definition) is 4. The van der Waals surface area contributed by atoms with E-state index in [1.54, 1.807) is 18.2 Å². The van der Waals surface area contributed by atoms with Gasteiger partial charge in [-0.15, -0.1) is 0 Å². The number of aryl methyl sites for hydroxylation is 1. The van der Waals surface area contributed by atoms with Crippen molar-refractivity contribution in [3.05, 3.63) is 54.4 Å². The molecule has 1 aromatic heterocycles. The quantitative estimate of drug-likeness (QED) is 0.733. The highest BCUT2D eigenvalue weighted by Crippen LogP contribution is 2.25. The molecule has 2 aromatic carbocycles. The van der Waals surface area contributed by atoms with Crippen LogP contribution in [0.1, 0.15) is 5.56 Å². The maximum atomic E-state index is 9.48. The predicted molar refractivity (Wildman–Crippen MR) is 75.7 cm³/mol. The Labute approximate surface area is 110 Å². The second-order valence-electron chi connectivity index (χ2n) is 4.42. The number of nitrogens with zero attached hydrogens (tertiary/aromatic N) is 2. The van der Waals surface area contributed by atoms with E-state index in [4.69, 9.17) is 0 Å².